The van der Waals surface area contributed by atoms with Crippen LogP contribution in [0.25, 0.3) is 24.3 Å². The molecular weight excluding hydrogens is 412 g/mol. The van der Waals surface area contributed by atoms with E-state index in [1.54, 1.807) is 0 Å². The van der Waals surface area contributed by atoms with Crippen molar-refractivity contribution in [3.63, 3.8) is 0 Å². The van der Waals surface area contributed by atoms with Gasteiger partial charge in [0.25, 0.3) is 0 Å². The second-order valence-corrected chi connectivity index (χ2v) is 8.00. The highest BCUT2D eigenvalue weighted by Gasteiger charge is 2.17. The van der Waals surface area contributed by atoms with Gasteiger partial charge in [0, 0.05) is 25.7 Å². The summed E-state index contributed by atoms with van der Waals surface area (Å²) in [5, 5.41) is 10.5. The van der Waals surface area contributed by atoms with Crippen LogP contribution in [0.15, 0.2) is 43.0 Å². The van der Waals surface area contributed by atoms with Crippen molar-refractivity contribution in [2.75, 3.05) is 43.4 Å². The third-order valence-corrected chi connectivity index (χ3v) is 5.40. The van der Waals surface area contributed by atoms with Crippen molar-refractivity contribution in [3.8, 4) is 0 Å². The maximum Gasteiger partial charge on any atom is 0.233 e. The number of nitrogens with one attached hydrogen (secondary N) is 2. The van der Waals surface area contributed by atoms with Gasteiger partial charge in [-0.05, 0) is 56.3 Å². The maximum absolute atomic E-state index is 4.76. The molecule has 3 heterocycles. The highest BCUT2D eigenvalue weighted by atomic mass is 15.3. The van der Waals surface area contributed by atoms with Gasteiger partial charge in [0.1, 0.15) is 0 Å². The van der Waals surface area contributed by atoms with Gasteiger partial charge in [-0.2, -0.15) is 20.1 Å². The van der Waals surface area contributed by atoms with Gasteiger partial charge in [-0.1, -0.05) is 43.0 Å². The van der Waals surface area contributed by atoms with E-state index in [4.69, 9.17) is 9.97 Å². The van der Waals surface area contributed by atoms with Crippen LogP contribution in [0.3, 0.4) is 0 Å². The Morgan fingerprint density at radius 2 is 1.88 bits per heavy atom. The fraction of sp³-hybridized carbons (Fsp3) is 0.280. The van der Waals surface area contributed by atoms with E-state index in [1.165, 1.54) is 0 Å². The summed E-state index contributed by atoms with van der Waals surface area (Å²) in [7, 11) is 2.15. The van der Waals surface area contributed by atoms with E-state index in [0.717, 1.165) is 49.4 Å². The van der Waals surface area contributed by atoms with E-state index in [1.807, 2.05) is 61.6 Å². The number of hydrogen-bond donors (Lipinski definition) is 2. The molecule has 1 aliphatic rings. The Balaban J connectivity index is 1.64. The average Bonchev–Trinajstić information content (AvgIpc) is 3.14. The van der Waals surface area contributed by atoms with Crippen molar-refractivity contribution in [2.45, 2.75) is 13.3 Å². The molecule has 2 aromatic heterocycles. The molecule has 2 N–H and O–H groups in total. The zero-order valence-corrected chi connectivity index (χ0v) is 19.2. The monoisotopic (exact) mass is 442 g/mol. The fourth-order valence-electron chi connectivity index (χ4n) is 3.64. The summed E-state index contributed by atoms with van der Waals surface area (Å²) in [5.41, 5.74) is 3.04. The lowest BCUT2D eigenvalue weighted by molar-refractivity contribution is 0.360. The van der Waals surface area contributed by atoms with Crippen molar-refractivity contribution in [2.24, 2.45) is 0 Å². The van der Waals surface area contributed by atoms with Crippen LogP contribution < -0.4 is 10.2 Å². The second kappa shape index (κ2) is 10.7. The van der Waals surface area contributed by atoms with Gasteiger partial charge in [0.15, 0.2) is 11.6 Å². The lowest BCUT2D eigenvalue weighted by Crippen LogP contribution is -2.30. The van der Waals surface area contributed by atoms with Crippen LogP contribution in [0.2, 0.25) is 0 Å². The Labute approximate surface area is 194 Å². The van der Waals surface area contributed by atoms with Gasteiger partial charge >= 0.3 is 0 Å². The van der Waals surface area contributed by atoms with Crippen LogP contribution in [0, 0.1) is 0 Å². The van der Waals surface area contributed by atoms with Gasteiger partial charge in [0.2, 0.25) is 11.9 Å². The number of hydrogen-bond acceptors (Lipinski definition) is 7. The number of H-pyrrole nitrogens is 1. The minimum absolute atomic E-state index is 0.468. The molecule has 0 atom stereocenters. The zero-order valence-electron chi connectivity index (χ0n) is 19.2. The molecule has 0 radical (unpaired) electrons. The number of aromatic amines is 1. The number of aromatic nitrogens is 5. The molecule has 0 bridgehead atoms. The summed E-state index contributed by atoms with van der Waals surface area (Å²) in [5.74, 6) is 2.39. The van der Waals surface area contributed by atoms with Crippen LogP contribution in [0.5, 0.6) is 0 Å². The first-order chi connectivity index (χ1) is 16.1. The third kappa shape index (κ3) is 6.14. The molecule has 1 aliphatic heterocycles. The lowest BCUT2D eigenvalue weighted by atomic mass is 10.1. The summed E-state index contributed by atoms with van der Waals surface area (Å²) >= 11 is 0. The van der Waals surface area contributed by atoms with E-state index >= 15 is 0 Å². The molecule has 33 heavy (non-hydrogen) atoms. The fourth-order valence-corrected chi connectivity index (χ4v) is 3.64. The van der Waals surface area contributed by atoms with Gasteiger partial charge in [0.05, 0.1) is 5.69 Å². The largest absolute Gasteiger partial charge is 0.339 e. The number of anilines is 3. The zero-order chi connectivity index (χ0) is 23.0. The maximum atomic E-state index is 4.76. The van der Waals surface area contributed by atoms with Gasteiger partial charge in [-0.3, -0.25) is 5.10 Å². The highest BCUT2D eigenvalue weighted by molar-refractivity contribution is 5.69. The van der Waals surface area contributed by atoms with Crippen molar-refractivity contribution < 1.29 is 0 Å². The van der Waals surface area contributed by atoms with Crippen LogP contribution in [0.1, 0.15) is 36.0 Å². The van der Waals surface area contributed by atoms with E-state index < -0.39 is 0 Å². The quantitative estimate of drug-likeness (QED) is 0.563. The topological polar surface area (TPSA) is 85.9 Å². The molecule has 1 aromatic carbocycles. The van der Waals surface area contributed by atoms with Crippen LogP contribution >= 0.6 is 0 Å². The standard InChI is InChI=1S/C25H30N8/c1-4-8-21-18-23(31-30-21)27-24-26-22(12-11-20-10-6-9-19(5-2)17-20)28-25(29-24)33-14-7-13-32(3)15-16-33/h4-6,8-12,17-18H,2,7,13-16H2,1,3H3,(H2,26,27,28,29,30,31)/b8-4+,12-11+. The van der Waals surface area contributed by atoms with E-state index in [2.05, 4.69) is 50.0 Å². The molecule has 8 heteroatoms. The Hall–Kier alpha value is -3.78. The number of nitrogens with zero attached hydrogens (tertiary/aromatic N) is 6. The van der Waals surface area contributed by atoms with Crippen molar-refractivity contribution in [1.82, 2.24) is 30.0 Å². The SMILES string of the molecule is C=Cc1cccc(/C=C/c2nc(Nc3cc(/C=C/C)[nH]n3)nc(N3CCCN(C)CC3)n2)c1. The van der Waals surface area contributed by atoms with E-state index in [-0.39, 0.29) is 0 Å². The first-order valence-corrected chi connectivity index (χ1v) is 11.2. The summed E-state index contributed by atoms with van der Waals surface area (Å²) < 4.78 is 0. The van der Waals surface area contributed by atoms with Crippen LogP contribution in [0.4, 0.5) is 17.7 Å². The molecule has 3 aromatic rings. The first-order valence-electron chi connectivity index (χ1n) is 11.2. The molecule has 0 aliphatic carbocycles. The normalized spacial score (nSPS) is 15.3. The lowest BCUT2D eigenvalue weighted by Gasteiger charge is -2.21. The van der Waals surface area contributed by atoms with Gasteiger partial charge < -0.3 is 15.1 Å². The Bertz CT molecular complexity index is 1150. The molecule has 4 rings (SSSR count). The summed E-state index contributed by atoms with van der Waals surface area (Å²) in [6.45, 7) is 9.63. The molecule has 170 valence electrons. The smallest absolute Gasteiger partial charge is 0.233 e. The number of benzene rings is 1. The molecule has 1 fully saturated rings. The average molecular weight is 443 g/mol. The van der Waals surface area contributed by atoms with Crippen LogP contribution in [-0.4, -0.2) is 63.3 Å². The molecule has 8 nitrogen and oxygen atoms in total. The summed E-state index contributed by atoms with van der Waals surface area (Å²) in [4.78, 5) is 18.7. The number of rotatable bonds is 7. The highest BCUT2D eigenvalue weighted by Crippen LogP contribution is 2.18. The molecule has 0 spiro atoms. The summed E-state index contributed by atoms with van der Waals surface area (Å²) in [6.07, 6.45) is 10.7. The molecular formula is C25H30N8. The van der Waals surface area contributed by atoms with Gasteiger partial charge in [-0.25, -0.2) is 0 Å². The minimum atomic E-state index is 0.468. The van der Waals surface area contributed by atoms with Crippen LogP contribution in [-0.2, 0) is 0 Å². The summed E-state index contributed by atoms with van der Waals surface area (Å²) in [6, 6.07) is 10.1. The number of allylic oxidation sites excluding steroid dienone is 1. The molecule has 1 saturated heterocycles. The van der Waals surface area contributed by atoms with Crippen molar-refractivity contribution >= 4 is 42.0 Å². The van der Waals surface area contributed by atoms with E-state index in [0.29, 0.717) is 23.5 Å². The third-order valence-electron chi connectivity index (χ3n) is 5.40. The van der Waals surface area contributed by atoms with Crippen molar-refractivity contribution in [1.29, 1.82) is 0 Å². The Morgan fingerprint density at radius 1 is 1.00 bits per heavy atom. The Kier molecular flexibility index (Phi) is 7.26. The van der Waals surface area contributed by atoms with Gasteiger partial charge in [-0.15, -0.1) is 0 Å². The molecule has 0 amide bonds. The molecule has 0 unspecified atom stereocenters. The number of likely N-dealkylation sites (N-methyl/N-ethyl adjacent to an activating group) is 1. The molecule has 0 saturated carbocycles. The predicted molar refractivity (Wildman–Crippen MR) is 136 cm³/mol. The predicted octanol–water partition coefficient (Wildman–Crippen LogP) is 4.33. The Morgan fingerprint density at radius 3 is 2.73 bits per heavy atom. The van der Waals surface area contributed by atoms with E-state index in [9.17, 15) is 0 Å². The van der Waals surface area contributed by atoms with Crippen molar-refractivity contribution in [3.05, 3.63) is 65.6 Å². The second-order valence-electron chi connectivity index (χ2n) is 8.00. The minimum Gasteiger partial charge on any atom is -0.339 e. The first kappa shape index (κ1) is 22.4.